The Kier molecular flexibility index (Phi) is 2.56. The van der Waals surface area contributed by atoms with Crippen LogP contribution in [0, 0.1) is 6.92 Å². The lowest BCUT2D eigenvalue weighted by molar-refractivity contribution is 0.172. The molecule has 0 radical (unpaired) electrons. The van der Waals surface area contributed by atoms with E-state index in [1.54, 1.807) is 0 Å². The Labute approximate surface area is 84.3 Å². The summed E-state index contributed by atoms with van der Waals surface area (Å²) in [6.07, 6.45) is 1.35. The molecule has 0 atom stereocenters. The van der Waals surface area contributed by atoms with Crippen molar-refractivity contribution in [3.8, 4) is 0 Å². The first-order valence-electron chi connectivity index (χ1n) is 4.73. The first kappa shape index (κ1) is 9.04. The van der Waals surface area contributed by atoms with E-state index in [0.717, 1.165) is 11.6 Å². The number of halogens is 1. The summed E-state index contributed by atoms with van der Waals surface area (Å²) >= 11 is 5.89. The first-order chi connectivity index (χ1) is 6.25. The maximum absolute atomic E-state index is 5.89. The lowest BCUT2D eigenvalue weighted by Gasteiger charge is -2.31. The van der Waals surface area contributed by atoms with Gasteiger partial charge in [-0.25, -0.2) is 0 Å². The summed E-state index contributed by atoms with van der Waals surface area (Å²) in [5.41, 5.74) is 2.71. The summed E-state index contributed by atoms with van der Waals surface area (Å²) in [5, 5.41) is 0.838. The van der Waals surface area contributed by atoms with Crippen molar-refractivity contribution >= 4 is 11.6 Å². The number of benzene rings is 1. The normalized spacial score (nSPS) is 17.1. The van der Waals surface area contributed by atoms with E-state index in [1.807, 2.05) is 12.1 Å². The van der Waals surface area contributed by atoms with E-state index in [9.17, 15) is 0 Å². The molecule has 1 heterocycles. The highest BCUT2D eigenvalue weighted by atomic mass is 35.5. The number of likely N-dealkylation sites (tertiary alicyclic amines) is 1. The minimum Gasteiger partial charge on any atom is -0.299 e. The fourth-order valence-corrected chi connectivity index (χ4v) is 1.84. The summed E-state index contributed by atoms with van der Waals surface area (Å²) in [7, 11) is 0. The van der Waals surface area contributed by atoms with E-state index in [2.05, 4.69) is 17.9 Å². The number of hydrogen-bond donors (Lipinski definition) is 0. The molecule has 13 heavy (non-hydrogen) atoms. The molecule has 0 spiro atoms. The molecular weight excluding hydrogens is 182 g/mol. The fourth-order valence-electron chi connectivity index (χ4n) is 1.62. The summed E-state index contributed by atoms with van der Waals surface area (Å²) in [6.45, 7) is 5.72. The summed E-state index contributed by atoms with van der Waals surface area (Å²) in [5.74, 6) is 0. The van der Waals surface area contributed by atoms with Gasteiger partial charge in [-0.3, -0.25) is 4.90 Å². The molecular formula is C11H14ClN. The molecule has 1 aliphatic heterocycles. The van der Waals surface area contributed by atoms with Gasteiger partial charge < -0.3 is 0 Å². The number of rotatable bonds is 2. The van der Waals surface area contributed by atoms with Crippen molar-refractivity contribution in [1.29, 1.82) is 0 Å². The minimum absolute atomic E-state index is 0.838. The van der Waals surface area contributed by atoms with Gasteiger partial charge >= 0.3 is 0 Å². The monoisotopic (exact) mass is 195 g/mol. The molecule has 0 unspecified atom stereocenters. The maximum atomic E-state index is 5.89. The molecule has 1 fully saturated rings. The van der Waals surface area contributed by atoms with Gasteiger partial charge in [0.05, 0.1) is 0 Å². The van der Waals surface area contributed by atoms with Gasteiger partial charge in [-0.1, -0.05) is 17.7 Å². The van der Waals surface area contributed by atoms with Crippen LogP contribution < -0.4 is 0 Å². The van der Waals surface area contributed by atoms with Gasteiger partial charge in [-0.05, 0) is 49.7 Å². The van der Waals surface area contributed by atoms with Gasteiger partial charge in [-0.15, -0.1) is 0 Å². The molecule has 2 rings (SSSR count). The van der Waals surface area contributed by atoms with Crippen LogP contribution in [0.3, 0.4) is 0 Å². The SMILES string of the molecule is Cc1cc(Cl)ccc1CN1CCC1. The average Bonchev–Trinajstić information content (AvgIpc) is 1.99. The van der Waals surface area contributed by atoms with Crippen LogP contribution in [-0.2, 0) is 6.54 Å². The Hall–Kier alpha value is -0.530. The standard InChI is InChI=1S/C11H14ClN/c1-9-7-11(12)4-3-10(9)8-13-5-2-6-13/h3-4,7H,2,5-6,8H2,1H3. The molecule has 0 saturated carbocycles. The molecule has 1 saturated heterocycles. The van der Waals surface area contributed by atoms with Crippen molar-refractivity contribution in [3.63, 3.8) is 0 Å². The Bertz CT molecular complexity index is 305. The highest BCUT2D eigenvalue weighted by Crippen LogP contribution is 2.18. The second kappa shape index (κ2) is 3.69. The topological polar surface area (TPSA) is 3.24 Å². The molecule has 1 nitrogen and oxygen atoms in total. The average molecular weight is 196 g/mol. The van der Waals surface area contributed by atoms with Gasteiger partial charge in [-0.2, -0.15) is 0 Å². The van der Waals surface area contributed by atoms with E-state index in [-0.39, 0.29) is 0 Å². The van der Waals surface area contributed by atoms with Crippen LogP contribution in [0.2, 0.25) is 5.02 Å². The largest absolute Gasteiger partial charge is 0.299 e. The third-order valence-corrected chi connectivity index (χ3v) is 2.88. The molecule has 1 aromatic rings. The van der Waals surface area contributed by atoms with Crippen LogP contribution in [0.5, 0.6) is 0 Å². The first-order valence-corrected chi connectivity index (χ1v) is 5.11. The zero-order valence-corrected chi connectivity index (χ0v) is 8.64. The summed E-state index contributed by atoms with van der Waals surface area (Å²) in [4.78, 5) is 2.45. The van der Waals surface area contributed by atoms with Crippen molar-refractivity contribution in [3.05, 3.63) is 34.3 Å². The predicted molar refractivity (Wildman–Crippen MR) is 56.1 cm³/mol. The van der Waals surface area contributed by atoms with Gasteiger partial charge in [0.25, 0.3) is 0 Å². The summed E-state index contributed by atoms with van der Waals surface area (Å²) < 4.78 is 0. The molecule has 70 valence electrons. The van der Waals surface area contributed by atoms with Crippen molar-refractivity contribution in [2.45, 2.75) is 19.9 Å². The molecule has 0 amide bonds. The second-order valence-electron chi connectivity index (χ2n) is 3.70. The van der Waals surface area contributed by atoms with Crippen LogP contribution in [0.4, 0.5) is 0 Å². The van der Waals surface area contributed by atoms with E-state index in [4.69, 9.17) is 11.6 Å². The highest BCUT2D eigenvalue weighted by molar-refractivity contribution is 6.30. The minimum atomic E-state index is 0.838. The van der Waals surface area contributed by atoms with Crippen LogP contribution >= 0.6 is 11.6 Å². The van der Waals surface area contributed by atoms with E-state index >= 15 is 0 Å². The van der Waals surface area contributed by atoms with Crippen LogP contribution in [0.15, 0.2) is 18.2 Å². The molecule has 1 aromatic carbocycles. The third kappa shape index (κ3) is 2.04. The van der Waals surface area contributed by atoms with Gasteiger partial charge in [0.15, 0.2) is 0 Å². The van der Waals surface area contributed by atoms with E-state index in [0.29, 0.717) is 0 Å². The van der Waals surface area contributed by atoms with Crippen LogP contribution in [-0.4, -0.2) is 18.0 Å². The van der Waals surface area contributed by atoms with Gasteiger partial charge in [0.2, 0.25) is 0 Å². The molecule has 0 N–H and O–H groups in total. The Morgan fingerprint density at radius 3 is 2.69 bits per heavy atom. The number of nitrogens with zero attached hydrogens (tertiary/aromatic N) is 1. The zero-order chi connectivity index (χ0) is 9.26. The molecule has 0 aliphatic carbocycles. The van der Waals surface area contributed by atoms with Crippen LogP contribution in [0.1, 0.15) is 17.5 Å². The number of aryl methyl sites for hydroxylation is 1. The molecule has 2 heteroatoms. The highest BCUT2D eigenvalue weighted by Gasteiger charge is 2.14. The number of hydrogen-bond acceptors (Lipinski definition) is 1. The van der Waals surface area contributed by atoms with Crippen molar-refractivity contribution in [1.82, 2.24) is 4.90 Å². The zero-order valence-electron chi connectivity index (χ0n) is 7.89. The van der Waals surface area contributed by atoms with Gasteiger partial charge in [0.1, 0.15) is 0 Å². The smallest absolute Gasteiger partial charge is 0.0408 e. The van der Waals surface area contributed by atoms with E-state index < -0.39 is 0 Å². The third-order valence-electron chi connectivity index (χ3n) is 2.65. The quantitative estimate of drug-likeness (QED) is 0.702. The molecule has 0 bridgehead atoms. The maximum Gasteiger partial charge on any atom is 0.0408 e. The Morgan fingerprint density at radius 2 is 2.15 bits per heavy atom. The Morgan fingerprint density at radius 1 is 1.38 bits per heavy atom. The lowest BCUT2D eigenvalue weighted by atomic mass is 10.1. The van der Waals surface area contributed by atoms with E-state index in [1.165, 1.54) is 30.6 Å². The fraction of sp³-hybridized carbons (Fsp3) is 0.455. The summed E-state index contributed by atoms with van der Waals surface area (Å²) in [6, 6.07) is 6.15. The Balaban J connectivity index is 2.10. The van der Waals surface area contributed by atoms with Crippen molar-refractivity contribution in [2.24, 2.45) is 0 Å². The molecule has 1 aliphatic rings. The van der Waals surface area contributed by atoms with Gasteiger partial charge in [0, 0.05) is 11.6 Å². The lowest BCUT2D eigenvalue weighted by Crippen LogP contribution is -2.36. The van der Waals surface area contributed by atoms with Crippen molar-refractivity contribution < 1.29 is 0 Å². The molecule has 0 aromatic heterocycles. The van der Waals surface area contributed by atoms with Crippen molar-refractivity contribution in [2.75, 3.05) is 13.1 Å². The predicted octanol–water partition coefficient (Wildman–Crippen LogP) is 2.85. The second-order valence-corrected chi connectivity index (χ2v) is 4.14. The van der Waals surface area contributed by atoms with Crippen LogP contribution in [0.25, 0.3) is 0 Å².